The summed E-state index contributed by atoms with van der Waals surface area (Å²) in [7, 11) is 0. The van der Waals surface area contributed by atoms with Crippen LogP contribution in [0.2, 0.25) is 0 Å². The Morgan fingerprint density at radius 1 is 1.33 bits per heavy atom. The van der Waals surface area contributed by atoms with Crippen molar-refractivity contribution in [1.82, 2.24) is 0 Å². The molecule has 0 aliphatic heterocycles. The lowest BCUT2D eigenvalue weighted by atomic mass is 10.5. The number of ether oxygens (including phenoxy) is 3. The Kier molecular flexibility index (Phi) is 7.45. The first-order valence-electron chi connectivity index (χ1n) is 4.34. The highest BCUT2D eigenvalue weighted by molar-refractivity contribution is 4.46. The second-order valence-electron chi connectivity index (χ2n) is 2.64. The molecule has 0 aliphatic carbocycles. The van der Waals surface area contributed by atoms with E-state index in [-0.39, 0.29) is 12.4 Å². The van der Waals surface area contributed by atoms with Crippen molar-refractivity contribution in [3.63, 3.8) is 0 Å². The van der Waals surface area contributed by atoms with Crippen LogP contribution in [0.3, 0.4) is 0 Å². The Morgan fingerprint density at radius 2 is 2.00 bits per heavy atom. The molecule has 0 aromatic heterocycles. The third-order valence-electron chi connectivity index (χ3n) is 1.17. The molecule has 73 valence electrons. The van der Waals surface area contributed by atoms with Crippen molar-refractivity contribution in [2.45, 2.75) is 33.2 Å². The predicted octanol–water partition coefficient (Wildman–Crippen LogP) is 1.62. The molecule has 0 saturated heterocycles. The fraction of sp³-hybridized carbons (Fsp3) is 0.889. The number of hydrogen-bond donors (Lipinski definition) is 0. The van der Waals surface area contributed by atoms with Gasteiger partial charge in [0.15, 0.2) is 6.29 Å². The lowest BCUT2D eigenvalue weighted by Crippen LogP contribution is -2.26. The first-order valence-corrected chi connectivity index (χ1v) is 4.34. The zero-order chi connectivity index (χ0) is 9.40. The molecular weight excluding hydrogens is 156 g/mol. The van der Waals surface area contributed by atoms with Gasteiger partial charge in [-0.05, 0) is 27.7 Å². The van der Waals surface area contributed by atoms with Crippen LogP contribution in [0.4, 0.5) is 0 Å². The van der Waals surface area contributed by atoms with Crippen LogP contribution in [0.15, 0.2) is 0 Å². The molecule has 0 fully saturated rings. The van der Waals surface area contributed by atoms with E-state index in [1.165, 1.54) is 0 Å². The molecule has 0 spiro atoms. The Bertz CT molecular complexity index is 93.8. The lowest BCUT2D eigenvalue weighted by Gasteiger charge is -2.19. The first-order chi connectivity index (χ1) is 5.70. The van der Waals surface area contributed by atoms with E-state index in [4.69, 9.17) is 14.2 Å². The highest BCUT2D eigenvalue weighted by Gasteiger charge is 2.09. The van der Waals surface area contributed by atoms with Gasteiger partial charge in [0.25, 0.3) is 0 Å². The monoisotopic (exact) mass is 175 g/mol. The van der Waals surface area contributed by atoms with Crippen LogP contribution in [0.1, 0.15) is 20.8 Å². The highest BCUT2D eigenvalue weighted by Crippen LogP contribution is 2.00. The summed E-state index contributed by atoms with van der Waals surface area (Å²) >= 11 is 0. The van der Waals surface area contributed by atoms with Gasteiger partial charge in [-0.2, -0.15) is 0 Å². The number of hydrogen-bond acceptors (Lipinski definition) is 3. The molecule has 1 radical (unpaired) electrons. The molecule has 3 nitrogen and oxygen atoms in total. The van der Waals surface area contributed by atoms with Crippen molar-refractivity contribution in [3.8, 4) is 0 Å². The van der Waals surface area contributed by atoms with Gasteiger partial charge in [-0.1, -0.05) is 0 Å². The van der Waals surface area contributed by atoms with E-state index in [1.807, 2.05) is 20.8 Å². The van der Waals surface area contributed by atoms with Gasteiger partial charge in [0.05, 0.1) is 12.7 Å². The maximum absolute atomic E-state index is 5.42. The average molecular weight is 175 g/mol. The zero-order valence-electron chi connectivity index (χ0n) is 8.21. The minimum absolute atomic E-state index is 0.162. The molecule has 0 heterocycles. The Hall–Kier alpha value is -0.120. The summed E-state index contributed by atoms with van der Waals surface area (Å²) in [6.07, 6.45) is -0.0910. The maximum atomic E-state index is 5.42. The van der Waals surface area contributed by atoms with Crippen molar-refractivity contribution in [1.29, 1.82) is 0 Å². The summed E-state index contributed by atoms with van der Waals surface area (Å²) in [6.45, 7) is 11.0. The fourth-order valence-corrected chi connectivity index (χ4v) is 0.796. The number of rotatable bonds is 7. The van der Waals surface area contributed by atoms with Gasteiger partial charge < -0.3 is 14.2 Å². The van der Waals surface area contributed by atoms with Gasteiger partial charge in [-0.15, -0.1) is 0 Å². The third-order valence-corrected chi connectivity index (χ3v) is 1.17. The summed E-state index contributed by atoms with van der Waals surface area (Å²) < 4.78 is 15.8. The first kappa shape index (κ1) is 11.9. The highest BCUT2D eigenvalue weighted by atomic mass is 16.7. The van der Waals surface area contributed by atoms with E-state index in [2.05, 4.69) is 6.92 Å². The van der Waals surface area contributed by atoms with E-state index in [1.54, 1.807) is 0 Å². The van der Waals surface area contributed by atoms with Gasteiger partial charge in [-0.25, -0.2) is 0 Å². The smallest absolute Gasteiger partial charge is 0.181 e. The van der Waals surface area contributed by atoms with Crippen LogP contribution in [-0.4, -0.2) is 32.2 Å². The van der Waals surface area contributed by atoms with Crippen LogP contribution in [0, 0.1) is 6.92 Å². The molecule has 0 amide bonds. The van der Waals surface area contributed by atoms with Gasteiger partial charge in [0.2, 0.25) is 0 Å². The van der Waals surface area contributed by atoms with E-state index < -0.39 is 0 Å². The van der Waals surface area contributed by atoms with Crippen molar-refractivity contribution in [3.05, 3.63) is 6.92 Å². The summed E-state index contributed by atoms with van der Waals surface area (Å²) in [5.41, 5.74) is 0. The van der Waals surface area contributed by atoms with Crippen LogP contribution in [0.5, 0.6) is 0 Å². The van der Waals surface area contributed by atoms with E-state index >= 15 is 0 Å². The molecule has 0 bridgehead atoms. The predicted molar refractivity (Wildman–Crippen MR) is 47.8 cm³/mol. The van der Waals surface area contributed by atoms with Crippen LogP contribution in [-0.2, 0) is 14.2 Å². The van der Waals surface area contributed by atoms with Gasteiger partial charge in [0.1, 0.15) is 0 Å². The average Bonchev–Trinajstić information content (AvgIpc) is 2.00. The summed E-state index contributed by atoms with van der Waals surface area (Å²) in [6, 6.07) is 0. The molecule has 0 aromatic rings. The molecular formula is C9H19O3. The summed E-state index contributed by atoms with van der Waals surface area (Å²) in [5.74, 6) is 0. The molecule has 3 heteroatoms. The van der Waals surface area contributed by atoms with Crippen LogP contribution >= 0.6 is 0 Å². The molecule has 1 atom stereocenters. The minimum Gasteiger partial charge on any atom is -0.376 e. The molecule has 1 unspecified atom stereocenters. The lowest BCUT2D eigenvalue weighted by molar-refractivity contribution is -0.185. The van der Waals surface area contributed by atoms with E-state index in [0.29, 0.717) is 19.8 Å². The van der Waals surface area contributed by atoms with Gasteiger partial charge in [-0.3, -0.25) is 0 Å². The SMILES string of the molecule is [CH2]COCC(OCC)OC(C)C. The topological polar surface area (TPSA) is 27.7 Å². The second kappa shape index (κ2) is 7.53. The fourth-order valence-electron chi connectivity index (χ4n) is 0.796. The largest absolute Gasteiger partial charge is 0.376 e. The van der Waals surface area contributed by atoms with Gasteiger partial charge in [0, 0.05) is 13.2 Å². The molecule has 0 rings (SSSR count). The molecule has 12 heavy (non-hydrogen) atoms. The third kappa shape index (κ3) is 6.58. The molecule has 0 saturated carbocycles. The van der Waals surface area contributed by atoms with Crippen LogP contribution < -0.4 is 0 Å². The quantitative estimate of drug-likeness (QED) is 0.550. The van der Waals surface area contributed by atoms with E-state index in [9.17, 15) is 0 Å². The van der Waals surface area contributed by atoms with Crippen LogP contribution in [0.25, 0.3) is 0 Å². The second-order valence-corrected chi connectivity index (χ2v) is 2.64. The minimum atomic E-state index is -0.253. The zero-order valence-corrected chi connectivity index (χ0v) is 8.21. The standard InChI is InChI=1S/C9H19O3/c1-5-10-7-9(11-6-2)12-8(3)4/h8-9H,1,5-7H2,2-4H3. The van der Waals surface area contributed by atoms with Gasteiger partial charge >= 0.3 is 0 Å². The maximum Gasteiger partial charge on any atom is 0.181 e. The summed E-state index contributed by atoms with van der Waals surface area (Å²) in [5, 5.41) is 0. The molecule has 0 N–H and O–H groups in total. The Balaban J connectivity index is 3.54. The normalized spacial score (nSPS) is 13.8. The van der Waals surface area contributed by atoms with Crippen molar-refractivity contribution < 1.29 is 14.2 Å². The Labute approximate surface area is 75.0 Å². The molecule has 0 aliphatic rings. The Morgan fingerprint density at radius 3 is 2.42 bits per heavy atom. The van der Waals surface area contributed by atoms with Crippen molar-refractivity contribution in [2.75, 3.05) is 19.8 Å². The van der Waals surface area contributed by atoms with Crippen molar-refractivity contribution >= 4 is 0 Å². The van der Waals surface area contributed by atoms with E-state index in [0.717, 1.165) is 0 Å². The summed E-state index contributed by atoms with van der Waals surface area (Å²) in [4.78, 5) is 0. The van der Waals surface area contributed by atoms with Crippen molar-refractivity contribution in [2.24, 2.45) is 0 Å². The molecule has 0 aromatic carbocycles.